The molecule has 0 saturated heterocycles. The number of hydrogen-bond donors (Lipinski definition) is 0. The van der Waals surface area contributed by atoms with Crippen LogP contribution in [0.25, 0.3) is 0 Å². The van der Waals surface area contributed by atoms with Crippen LogP contribution in [0.15, 0.2) is 25.3 Å². The van der Waals surface area contributed by atoms with Crippen LogP contribution in [0.1, 0.15) is 19.8 Å². The molecule has 0 fully saturated rings. The predicted molar refractivity (Wildman–Crippen MR) is 65.0 cm³/mol. The molecule has 0 aliphatic rings. The Balaban J connectivity index is 0. The van der Waals surface area contributed by atoms with Gasteiger partial charge in [0.25, 0.3) is 0 Å². The van der Waals surface area contributed by atoms with Crippen LogP contribution in [0.2, 0.25) is 0 Å². The number of esters is 1. The minimum absolute atomic E-state index is 0.0556. The van der Waals surface area contributed by atoms with E-state index in [1.165, 1.54) is 17.1 Å². The molecule has 0 aromatic rings. The Labute approximate surface area is 97.6 Å². The summed E-state index contributed by atoms with van der Waals surface area (Å²) in [6.07, 6.45) is 4.43. The second-order valence-corrected chi connectivity index (χ2v) is 3.16. The van der Waals surface area contributed by atoms with Crippen LogP contribution in [-0.2, 0) is 14.3 Å². The minimum Gasteiger partial charge on any atom is -0.463 e. The van der Waals surface area contributed by atoms with Crippen LogP contribution in [0.3, 0.4) is 0 Å². The molecule has 0 spiro atoms. The molecule has 0 saturated carbocycles. The van der Waals surface area contributed by atoms with E-state index in [0.717, 1.165) is 12.8 Å². The Hall–Kier alpha value is -1.58. The van der Waals surface area contributed by atoms with Crippen molar-refractivity contribution in [3.8, 4) is 0 Å². The zero-order chi connectivity index (χ0) is 13.0. The van der Waals surface area contributed by atoms with Crippen molar-refractivity contribution >= 4 is 11.9 Å². The van der Waals surface area contributed by atoms with Crippen LogP contribution in [0, 0.1) is 0 Å². The Morgan fingerprint density at radius 3 is 2.06 bits per heavy atom. The van der Waals surface area contributed by atoms with Crippen molar-refractivity contribution in [2.75, 3.05) is 20.7 Å². The molecule has 0 N–H and O–H groups in total. The van der Waals surface area contributed by atoms with Crippen molar-refractivity contribution < 1.29 is 14.3 Å². The molecule has 1 amide bonds. The number of carbonyl (C=O) groups is 2. The molecule has 0 bridgehead atoms. The number of amides is 1. The highest BCUT2D eigenvalue weighted by Gasteiger charge is 1.92. The quantitative estimate of drug-likeness (QED) is 0.408. The first-order valence-electron chi connectivity index (χ1n) is 5.12. The second kappa shape index (κ2) is 11.5. The van der Waals surface area contributed by atoms with E-state index in [0.29, 0.717) is 6.61 Å². The number of nitrogens with zero attached hydrogens (tertiary/aromatic N) is 1. The Morgan fingerprint density at radius 2 is 1.81 bits per heavy atom. The molecule has 0 radical (unpaired) electrons. The van der Waals surface area contributed by atoms with Crippen LogP contribution in [0.4, 0.5) is 0 Å². The summed E-state index contributed by atoms with van der Waals surface area (Å²) in [5, 5.41) is 0. The zero-order valence-electron chi connectivity index (χ0n) is 10.4. The molecular weight excluding hydrogens is 206 g/mol. The van der Waals surface area contributed by atoms with Crippen molar-refractivity contribution in [2.24, 2.45) is 0 Å². The predicted octanol–water partition coefficient (Wildman–Crippen LogP) is 1.78. The van der Waals surface area contributed by atoms with Gasteiger partial charge >= 0.3 is 5.97 Å². The number of unbranched alkanes of at least 4 members (excludes halogenated alkanes) is 1. The summed E-state index contributed by atoms with van der Waals surface area (Å²) >= 11 is 0. The van der Waals surface area contributed by atoms with Gasteiger partial charge in [0.05, 0.1) is 6.61 Å². The van der Waals surface area contributed by atoms with E-state index in [9.17, 15) is 9.59 Å². The summed E-state index contributed by atoms with van der Waals surface area (Å²) in [4.78, 5) is 22.1. The van der Waals surface area contributed by atoms with Gasteiger partial charge in [0.1, 0.15) is 0 Å². The average molecular weight is 227 g/mol. The molecule has 0 aliphatic heterocycles. The maximum atomic E-state index is 10.3. The Bertz CT molecular complexity index is 234. The highest BCUT2D eigenvalue weighted by molar-refractivity contribution is 5.86. The van der Waals surface area contributed by atoms with Crippen molar-refractivity contribution in [1.82, 2.24) is 4.90 Å². The van der Waals surface area contributed by atoms with E-state index in [4.69, 9.17) is 0 Å². The normalized spacial score (nSPS) is 8.19. The third-order valence-corrected chi connectivity index (χ3v) is 1.52. The first-order chi connectivity index (χ1) is 7.49. The van der Waals surface area contributed by atoms with E-state index >= 15 is 0 Å². The molecule has 4 heteroatoms. The van der Waals surface area contributed by atoms with Gasteiger partial charge in [0, 0.05) is 20.2 Å². The molecule has 92 valence electrons. The highest BCUT2D eigenvalue weighted by Crippen LogP contribution is 1.88. The number of ether oxygens (including phenoxy) is 1. The van der Waals surface area contributed by atoms with Gasteiger partial charge in [0.2, 0.25) is 5.91 Å². The van der Waals surface area contributed by atoms with E-state index in [2.05, 4.69) is 17.9 Å². The fourth-order valence-corrected chi connectivity index (χ4v) is 0.559. The van der Waals surface area contributed by atoms with Gasteiger partial charge in [-0.05, 0) is 12.5 Å². The highest BCUT2D eigenvalue weighted by atomic mass is 16.5. The van der Waals surface area contributed by atoms with Gasteiger partial charge in [-0.25, -0.2) is 4.79 Å². The lowest BCUT2D eigenvalue weighted by Gasteiger charge is -2.03. The molecule has 0 atom stereocenters. The largest absolute Gasteiger partial charge is 0.463 e. The number of carbonyl (C=O) groups excluding carboxylic acids is 2. The lowest BCUT2D eigenvalue weighted by molar-refractivity contribution is -0.137. The third-order valence-electron chi connectivity index (χ3n) is 1.52. The molecule has 0 aliphatic carbocycles. The monoisotopic (exact) mass is 227 g/mol. The molecule has 0 rings (SSSR count). The molecular formula is C12H21NO3. The van der Waals surface area contributed by atoms with Crippen molar-refractivity contribution in [3.63, 3.8) is 0 Å². The van der Waals surface area contributed by atoms with Crippen LogP contribution >= 0.6 is 0 Å². The van der Waals surface area contributed by atoms with E-state index < -0.39 is 0 Å². The van der Waals surface area contributed by atoms with Gasteiger partial charge in [-0.1, -0.05) is 26.5 Å². The molecule has 0 aromatic heterocycles. The lowest BCUT2D eigenvalue weighted by atomic mass is 10.4. The van der Waals surface area contributed by atoms with Crippen molar-refractivity contribution in [2.45, 2.75) is 19.8 Å². The number of rotatable bonds is 5. The van der Waals surface area contributed by atoms with Crippen molar-refractivity contribution in [1.29, 1.82) is 0 Å². The van der Waals surface area contributed by atoms with Crippen LogP contribution in [-0.4, -0.2) is 37.5 Å². The summed E-state index contributed by atoms with van der Waals surface area (Å²) in [5.41, 5.74) is 0. The molecule has 0 heterocycles. The van der Waals surface area contributed by atoms with E-state index in [-0.39, 0.29) is 11.9 Å². The maximum absolute atomic E-state index is 10.3. The first-order valence-corrected chi connectivity index (χ1v) is 5.12. The first kappa shape index (κ1) is 16.8. The second-order valence-electron chi connectivity index (χ2n) is 3.16. The lowest BCUT2D eigenvalue weighted by Crippen LogP contribution is -2.18. The smallest absolute Gasteiger partial charge is 0.330 e. The Morgan fingerprint density at radius 1 is 1.25 bits per heavy atom. The fourth-order valence-electron chi connectivity index (χ4n) is 0.559. The van der Waals surface area contributed by atoms with Gasteiger partial charge in [-0.2, -0.15) is 0 Å². The van der Waals surface area contributed by atoms with Gasteiger partial charge < -0.3 is 9.64 Å². The summed E-state index contributed by atoms with van der Waals surface area (Å²) in [6, 6.07) is 0. The third kappa shape index (κ3) is 12.4. The number of hydrogen-bond acceptors (Lipinski definition) is 3. The van der Waals surface area contributed by atoms with Crippen LogP contribution in [0.5, 0.6) is 0 Å². The summed E-state index contributed by atoms with van der Waals surface area (Å²) < 4.78 is 4.67. The average Bonchev–Trinajstić information content (AvgIpc) is 2.28. The standard InChI is InChI=1S/C7H12O2.C5H9NO/c1-3-5-6-9-7(8)4-2;1-4-5(7)6(2)3/h4H,2-3,5-6H2,1H3;4H,1H2,2-3H3. The molecule has 0 unspecified atom stereocenters. The molecule has 0 aromatic carbocycles. The summed E-state index contributed by atoms with van der Waals surface area (Å²) in [7, 11) is 3.37. The summed E-state index contributed by atoms with van der Waals surface area (Å²) in [6.45, 7) is 9.11. The number of likely N-dealkylation sites (N-methyl/N-ethyl adjacent to an activating group) is 1. The fraction of sp³-hybridized carbons (Fsp3) is 0.500. The zero-order valence-corrected chi connectivity index (χ0v) is 10.4. The SMILES string of the molecule is C=CC(=O)N(C)C.C=CC(=O)OCCCC. The summed E-state index contributed by atoms with van der Waals surface area (Å²) in [5.74, 6) is -0.386. The topological polar surface area (TPSA) is 46.6 Å². The molecule has 16 heavy (non-hydrogen) atoms. The van der Waals surface area contributed by atoms with Crippen molar-refractivity contribution in [3.05, 3.63) is 25.3 Å². The van der Waals surface area contributed by atoms with E-state index in [1.807, 2.05) is 6.92 Å². The Kier molecular flexibility index (Phi) is 12.1. The van der Waals surface area contributed by atoms with Gasteiger partial charge in [-0.15, -0.1) is 0 Å². The minimum atomic E-state index is -0.330. The molecule has 4 nitrogen and oxygen atoms in total. The maximum Gasteiger partial charge on any atom is 0.330 e. The van der Waals surface area contributed by atoms with Crippen LogP contribution < -0.4 is 0 Å². The van der Waals surface area contributed by atoms with Gasteiger partial charge in [-0.3, -0.25) is 4.79 Å². The van der Waals surface area contributed by atoms with Gasteiger partial charge in [0.15, 0.2) is 0 Å². The van der Waals surface area contributed by atoms with E-state index in [1.54, 1.807) is 14.1 Å².